The first-order valence-electron chi connectivity index (χ1n) is 4.96. The van der Waals surface area contributed by atoms with Gasteiger partial charge in [-0.25, -0.2) is 0 Å². The summed E-state index contributed by atoms with van der Waals surface area (Å²) in [5.41, 5.74) is 0. The van der Waals surface area contributed by atoms with Crippen LogP contribution >= 0.6 is 0 Å². The third-order valence-corrected chi connectivity index (χ3v) is 2.03. The van der Waals surface area contributed by atoms with Gasteiger partial charge in [-0.1, -0.05) is 12.7 Å². The van der Waals surface area contributed by atoms with Crippen LogP contribution in [0.2, 0.25) is 0 Å². The molecule has 4 heteroatoms. The fraction of sp³-hybridized carbons (Fsp3) is 0.545. The van der Waals surface area contributed by atoms with E-state index in [1.165, 1.54) is 4.90 Å². The number of carbonyl (C=O) groups excluding carboxylic acids is 1. The van der Waals surface area contributed by atoms with E-state index < -0.39 is 0 Å². The molecule has 0 saturated carbocycles. The Labute approximate surface area is 91.5 Å². The zero-order valence-corrected chi connectivity index (χ0v) is 9.52. The van der Waals surface area contributed by atoms with Crippen LogP contribution < -0.4 is 0 Å². The lowest BCUT2D eigenvalue weighted by Crippen LogP contribution is -2.29. The summed E-state index contributed by atoms with van der Waals surface area (Å²) < 4.78 is 0. The second-order valence-corrected chi connectivity index (χ2v) is 3.36. The largest absolute Gasteiger partial charge is 0.395 e. The topological polar surface area (TPSA) is 43.8 Å². The number of hydrogen-bond acceptors (Lipinski definition) is 3. The second kappa shape index (κ2) is 8.20. The van der Waals surface area contributed by atoms with Gasteiger partial charge in [0, 0.05) is 32.8 Å². The van der Waals surface area contributed by atoms with Crippen molar-refractivity contribution >= 4 is 5.91 Å². The lowest BCUT2D eigenvalue weighted by atomic mass is 10.3. The Bertz CT molecular complexity index is 227. The van der Waals surface area contributed by atoms with Crippen LogP contribution in [0.15, 0.2) is 24.9 Å². The molecule has 0 saturated heterocycles. The van der Waals surface area contributed by atoms with Crippen molar-refractivity contribution in [2.45, 2.75) is 6.42 Å². The highest BCUT2D eigenvalue weighted by atomic mass is 16.3. The molecule has 0 radical (unpaired) electrons. The molecule has 1 N–H and O–H groups in total. The minimum Gasteiger partial charge on any atom is -0.395 e. The SMILES string of the molecule is C=C/C=C\N(C)C(=O)CCN(C)CCO. The van der Waals surface area contributed by atoms with E-state index in [1.807, 2.05) is 11.9 Å². The van der Waals surface area contributed by atoms with Crippen molar-refractivity contribution in [1.82, 2.24) is 9.80 Å². The smallest absolute Gasteiger partial charge is 0.227 e. The van der Waals surface area contributed by atoms with Gasteiger partial charge in [0.1, 0.15) is 0 Å². The quantitative estimate of drug-likeness (QED) is 0.623. The molecule has 0 heterocycles. The highest BCUT2D eigenvalue weighted by Crippen LogP contribution is 1.94. The molecule has 0 aliphatic carbocycles. The predicted octanol–water partition coefficient (Wildman–Crippen LogP) is 0.459. The Kier molecular flexibility index (Phi) is 7.58. The molecule has 0 fully saturated rings. The van der Waals surface area contributed by atoms with Crippen LogP contribution in [-0.2, 0) is 4.79 Å². The van der Waals surface area contributed by atoms with Gasteiger partial charge in [-0.05, 0) is 13.1 Å². The maximum absolute atomic E-state index is 11.5. The molecule has 0 unspecified atom stereocenters. The summed E-state index contributed by atoms with van der Waals surface area (Å²) >= 11 is 0. The average Bonchev–Trinajstić information content (AvgIpc) is 2.22. The van der Waals surface area contributed by atoms with Crippen LogP contribution in [0, 0.1) is 0 Å². The predicted molar refractivity (Wildman–Crippen MR) is 61.3 cm³/mol. The highest BCUT2D eigenvalue weighted by Gasteiger charge is 2.06. The molecular weight excluding hydrogens is 192 g/mol. The van der Waals surface area contributed by atoms with Crippen LogP contribution in [0.3, 0.4) is 0 Å². The van der Waals surface area contributed by atoms with Crippen molar-refractivity contribution in [2.75, 3.05) is 33.8 Å². The third kappa shape index (κ3) is 6.88. The van der Waals surface area contributed by atoms with Crippen LogP contribution in [0.4, 0.5) is 0 Å². The fourth-order valence-corrected chi connectivity index (χ4v) is 1.02. The van der Waals surface area contributed by atoms with Gasteiger partial charge in [0.05, 0.1) is 6.61 Å². The van der Waals surface area contributed by atoms with Crippen LogP contribution in [0.5, 0.6) is 0 Å². The summed E-state index contributed by atoms with van der Waals surface area (Å²) in [6, 6.07) is 0. The number of hydrogen-bond donors (Lipinski definition) is 1. The first-order chi connectivity index (χ1) is 7.11. The molecule has 4 nitrogen and oxygen atoms in total. The number of nitrogens with zero attached hydrogens (tertiary/aromatic N) is 2. The molecule has 86 valence electrons. The van der Waals surface area contributed by atoms with Crippen LogP contribution in [0.1, 0.15) is 6.42 Å². The normalized spacial score (nSPS) is 10.9. The summed E-state index contributed by atoms with van der Waals surface area (Å²) in [6.07, 6.45) is 5.48. The molecule has 0 rings (SSSR count). The monoisotopic (exact) mass is 212 g/mol. The molecule has 0 aromatic heterocycles. The first kappa shape index (κ1) is 13.9. The standard InChI is InChI=1S/C11H20N2O2/c1-4-5-7-13(3)11(15)6-8-12(2)9-10-14/h4-5,7,14H,1,6,8-10H2,2-3H3/b7-5-. The Hall–Kier alpha value is -1.13. The van der Waals surface area contributed by atoms with Gasteiger partial charge in [-0.2, -0.15) is 0 Å². The van der Waals surface area contributed by atoms with Gasteiger partial charge >= 0.3 is 0 Å². The molecule has 0 aromatic carbocycles. The van der Waals surface area contributed by atoms with E-state index in [9.17, 15) is 4.79 Å². The Balaban J connectivity index is 3.82. The van der Waals surface area contributed by atoms with E-state index in [4.69, 9.17) is 5.11 Å². The lowest BCUT2D eigenvalue weighted by Gasteiger charge is -2.17. The van der Waals surface area contributed by atoms with E-state index in [0.717, 1.165) is 0 Å². The molecule has 0 aliphatic rings. The second-order valence-electron chi connectivity index (χ2n) is 3.36. The lowest BCUT2D eigenvalue weighted by molar-refractivity contribution is -0.127. The molecule has 0 aliphatic heterocycles. The molecular formula is C11H20N2O2. The van der Waals surface area contributed by atoms with Gasteiger partial charge in [0.15, 0.2) is 0 Å². The molecule has 0 spiro atoms. The van der Waals surface area contributed by atoms with E-state index in [-0.39, 0.29) is 12.5 Å². The average molecular weight is 212 g/mol. The van der Waals surface area contributed by atoms with Gasteiger partial charge in [0.25, 0.3) is 0 Å². The van der Waals surface area contributed by atoms with Crippen molar-refractivity contribution in [3.8, 4) is 0 Å². The number of aliphatic hydroxyl groups excluding tert-OH is 1. The van der Waals surface area contributed by atoms with Crippen molar-refractivity contribution in [3.63, 3.8) is 0 Å². The Morgan fingerprint density at radius 1 is 1.40 bits per heavy atom. The van der Waals surface area contributed by atoms with Crippen LogP contribution in [-0.4, -0.2) is 54.6 Å². The minimum atomic E-state index is 0.0536. The van der Waals surface area contributed by atoms with Gasteiger partial charge in [-0.15, -0.1) is 0 Å². The number of aliphatic hydroxyl groups is 1. The van der Waals surface area contributed by atoms with Crippen LogP contribution in [0.25, 0.3) is 0 Å². The first-order valence-corrected chi connectivity index (χ1v) is 4.96. The maximum atomic E-state index is 11.5. The van der Waals surface area contributed by atoms with E-state index in [0.29, 0.717) is 19.5 Å². The molecule has 1 amide bonds. The van der Waals surface area contributed by atoms with Crippen molar-refractivity contribution in [3.05, 3.63) is 24.9 Å². The maximum Gasteiger partial charge on any atom is 0.227 e. The number of allylic oxidation sites excluding steroid dienone is 2. The summed E-state index contributed by atoms with van der Waals surface area (Å²) in [4.78, 5) is 15.0. The summed E-state index contributed by atoms with van der Waals surface area (Å²) in [6.45, 7) is 4.91. The highest BCUT2D eigenvalue weighted by molar-refractivity contribution is 5.77. The van der Waals surface area contributed by atoms with E-state index >= 15 is 0 Å². The van der Waals surface area contributed by atoms with E-state index in [1.54, 1.807) is 25.4 Å². The molecule has 0 atom stereocenters. The van der Waals surface area contributed by atoms with Gasteiger partial charge in [-0.3, -0.25) is 4.79 Å². The molecule has 0 bridgehead atoms. The number of likely N-dealkylation sites (N-methyl/N-ethyl adjacent to an activating group) is 1. The zero-order chi connectivity index (χ0) is 11.7. The molecule has 15 heavy (non-hydrogen) atoms. The third-order valence-electron chi connectivity index (χ3n) is 2.03. The summed E-state index contributed by atoms with van der Waals surface area (Å²) in [7, 11) is 3.59. The van der Waals surface area contributed by atoms with E-state index in [2.05, 4.69) is 6.58 Å². The van der Waals surface area contributed by atoms with Gasteiger partial charge in [0.2, 0.25) is 5.91 Å². The summed E-state index contributed by atoms with van der Waals surface area (Å²) in [5, 5.41) is 8.67. The number of rotatable bonds is 7. The Morgan fingerprint density at radius 3 is 2.60 bits per heavy atom. The fourth-order valence-electron chi connectivity index (χ4n) is 1.02. The van der Waals surface area contributed by atoms with Gasteiger partial charge < -0.3 is 14.9 Å². The summed E-state index contributed by atoms with van der Waals surface area (Å²) in [5.74, 6) is 0.0536. The van der Waals surface area contributed by atoms with Crippen molar-refractivity contribution in [1.29, 1.82) is 0 Å². The number of carbonyl (C=O) groups is 1. The minimum absolute atomic E-state index is 0.0536. The zero-order valence-electron chi connectivity index (χ0n) is 9.52. The van der Waals surface area contributed by atoms with Crippen molar-refractivity contribution in [2.24, 2.45) is 0 Å². The van der Waals surface area contributed by atoms with Crippen molar-refractivity contribution < 1.29 is 9.90 Å². The number of amides is 1. The Morgan fingerprint density at radius 2 is 2.07 bits per heavy atom. The molecule has 0 aromatic rings.